The topological polar surface area (TPSA) is 34.1 Å². The second-order valence-corrected chi connectivity index (χ2v) is 6.00. The molecule has 2 aromatic rings. The van der Waals surface area contributed by atoms with Gasteiger partial charge >= 0.3 is 0 Å². The van der Waals surface area contributed by atoms with Gasteiger partial charge in [0.15, 0.2) is 0 Å². The van der Waals surface area contributed by atoms with E-state index in [2.05, 4.69) is 0 Å². The van der Waals surface area contributed by atoms with E-state index in [0.717, 1.165) is 22.3 Å². The van der Waals surface area contributed by atoms with Gasteiger partial charge in [-0.1, -0.05) is 35.9 Å². The molecule has 22 heavy (non-hydrogen) atoms. The quantitative estimate of drug-likeness (QED) is 0.778. The van der Waals surface area contributed by atoms with Crippen molar-refractivity contribution in [1.82, 2.24) is 0 Å². The molecular formula is C19H17FO2. The molecule has 112 valence electrons. The number of hydrogen-bond acceptors (Lipinski definition) is 2. The monoisotopic (exact) mass is 296 g/mol. The highest BCUT2D eigenvalue weighted by Crippen LogP contribution is 2.33. The zero-order chi connectivity index (χ0) is 15.7. The van der Waals surface area contributed by atoms with Crippen molar-refractivity contribution in [3.63, 3.8) is 0 Å². The summed E-state index contributed by atoms with van der Waals surface area (Å²) < 4.78 is 13.4. The Labute approximate surface area is 129 Å². The van der Waals surface area contributed by atoms with Crippen LogP contribution in [0.25, 0.3) is 11.1 Å². The zero-order valence-electron chi connectivity index (χ0n) is 12.4. The van der Waals surface area contributed by atoms with Gasteiger partial charge in [0.2, 0.25) is 0 Å². The van der Waals surface area contributed by atoms with Crippen molar-refractivity contribution in [1.29, 1.82) is 0 Å². The molecule has 1 saturated carbocycles. The summed E-state index contributed by atoms with van der Waals surface area (Å²) in [4.78, 5) is 23.3. The number of carbonyl (C=O) groups is 2. The van der Waals surface area contributed by atoms with Crippen LogP contribution in [-0.2, 0) is 9.59 Å². The van der Waals surface area contributed by atoms with Crippen LogP contribution in [0.5, 0.6) is 0 Å². The Morgan fingerprint density at radius 1 is 0.955 bits per heavy atom. The van der Waals surface area contributed by atoms with Gasteiger partial charge in [-0.3, -0.25) is 9.59 Å². The SMILES string of the molecule is Cc1cc(-c2cccc(F)c2)cc(C2CC(=O)CC(=O)C2)c1. The van der Waals surface area contributed by atoms with Crippen molar-refractivity contribution in [3.8, 4) is 11.1 Å². The number of aryl methyl sites for hydroxylation is 1. The normalized spacial score (nSPS) is 16.1. The van der Waals surface area contributed by atoms with Crippen molar-refractivity contribution < 1.29 is 14.0 Å². The summed E-state index contributed by atoms with van der Waals surface area (Å²) in [7, 11) is 0. The minimum Gasteiger partial charge on any atom is -0.299 e. The first kappa shape index (κ1) is 14.6. The second kappa shape index (κ2) is 5.84. The number of halogens is 1. The van der Waals surface area contributed by atoms with Crippen LogP contribution < -0.4 is 0 Å². The van der Waals surface area contributed by atoms with Gasteiger partial charge in [0.25, 0.3) is 0 Å². The standard InChI is InChI=1S/C19H17FO2/c1-12-5-14(13-3-2-4-17(20)8-13)7-15(6-12)16-9-18(21)11-19(22)10-16/h2-8,16H,9-11H2,1H3. The lowest BCUT2D eigenvalue weighted by Crippen LogP contribution is -2.21. The highest BCUT2D eigenvalue weighted by atomic mass is 19.1. The molecule has 0 heterocycles. The molecule has 0 radical (unpaired) electrons. The van der Waals surface area contributed by atoms with Gasteiger partial charge in [-0.15, -0.1) is 0 Å². The van der Waals surface area contributed by atoms with Crippen molar-refractivity contribution in [2.45, 2.75) is 32.1 Å². The molecular weight excluding hydrogens is 279 g/mol. The molecule has 2 aromatic carbocycles. The number of rotatable bonds is 2. The fourth-order valence-corrected chi connectivity index (χ4v) is 3.10. The van der Waals surface area contributed by atoms with Crippen molar-refractivity contribution in [3.05, 3.63) is 59.4 Å². The van der Waals surface area contributed by atoms with E-state index in [1.807, 2.05) is 31.2 Å². The zero-order valence-corrected chi connectivity index (χ0v) is 12.4. The number of carbonyl (C=O) groups excluding carboxylic acids is 2. The van der Waals surface area contributed by atoms with Crippen molar-refractivity contribution >= 4 is 11.6 Å². The molecule has 3 rings (SSSR count). The van der Waals surface area contributed by atoms with E-state index in [0.29, 0.717) is 12.8 Å². The number of benzene rings is 2. The Morgan fingerprint density at radius 2 is 1.68 bits per heavy atom. The molecule has 0 amide bonds. The first-order valence-electron chi connectivity index (χ1n) is 7.42. The average molecular weight is 296 g/mol. The van der Waals surface area contributed by atoms with E-state index in [4.69, 9.17) is 0 Å². The smallest absolute Gasteiger partial charge is 0.140 e. The van der Waals surface area contributed by atoms with Gasteiger partial charge < -0.3 is 0 Å². The van der Waals surface area contributed by atoms with E-state index in [1.165, 1.54) is 12.1 Å². The molecule has 0 N–H and O–H groups in total. The molecule has 3 heteroatoms. The number of Topliss-reactive ketones (excluding diaryl/α,β-unsaturated/α-hetero) is 2. The first-order valence-corrected chi connectivity index (χ1v) is 7.42. The summed E-state index contributed by atoms with van der Waals surface area (Å²) in [5.41, 5.74) is 3.75. The lowest BCUT2D eigenvalue weighted by atomic mass is 9.81. The van der Waals surface area contributed by atoms with Crippen LogP contribution in [0.2, 0.25) is 0 Å². The molecule has 1 aliphatic carbocycles. The van der Waals surface area contributed by atoms with Gasteiger partial charge in [0.1, 0.15) is 17.4 Å². The predicted molar refractivity (Wildman–Crippen MR) is 83.2 cm³/mol. The lowest BCUT2D eigenvalue weighted by molar-refractivity contribution is -0.130. The van der Waals surface area contributed by atoms with Gasteiger partial charge in [0.05, 0.1) is 6.42 Å². The molecule has 1 fully saturated rings. The predicted octanol–water partition coefficient (Wildman–Crippen LogP) is 4.21. The Hall–Kier alpha value is -2.29. The van der Waals surface area contributed by atoms with E-state index >= 15 is 0 Å². The van der Waals surface area contributed by atoms with Crippen LogP contribution in [0.4, 0.5) is 4.39 Å². The average Bonchev–Trinajstić information content (AvgIpc) is 2.45. The maximum absolute atomic E-state index is 13.4. The van der Waals surface area contributed by atoms with Gasteiger partial charge in [-0.2, -0.15) is 0 Å². The van der Waals surface area contributed by atoms with E-state index in [9.17, 15) is 14.0 Å². The fraction of sp³-hybridized carbons (Fsp3) is 0.263. The summed E-state index contributed by atoms with van der Waals surface area (Å²) in [6.45, 7) is 1.97. The third kappa shape index (κ3) is 3.14. The van der Waals surface area contributed by atoms with Crippen LogP contribution in [-0.4, -0.2) is 11.6 Å². The fourth-order valence-electron chi connectivity index (χ4n) is 3.10. The summed E-state index contributed by atoms with van der Waals surface area (Å²) in [5, 5.41) is 0. The van der Waals surface area contributed by atoms with Crippen LogP contribution in [0.15, 0.2) is 42.5 Å². The van der Waals surface area contributed by atoms with Crippen LogP contribution in [0.3, 0.4) is 0 Å². The Bertz CT molecular complexity index is 733. The van der Waals surface area contributed by atoms with Crippen LogP contribution >= 0.6 is 0 Å². The van der Waals surface area contributed by atoms with E-state index in [-0.39, 0.29) is 29.7 Å². The molecule has 0 saturated heterocycles. The molecule has 0 unspecified atom stereocenters. The largest absolute Gasteiger partial charge is 0.299 e. The molecule has 0 bridgehead atoms. The Kier molecular flexibility index (Phi) is 3.88. The summed E-state index contributed by atoms with van der Waals surface area (Å²) in [6, 6.07) is 12.4. The van der Waals surface area contributed by atoms with Crippen LogP contribution in [0.1, 0.15) is 36.3 Å². The summed E-state index contributed by atoms with van der Waals surface area (Å²) in [6.07, 6.45) is 0.897. The van der Waals surface area contributed by atoms with Crippen molar-refractivity contribution in [2.75, 3.05) is 0 Å². The van der Waals surface area contributed by atoms with E-state index < -0.39 is 0 Å². The summed E-state index contributed by atoms with van der Waals surface area (Å²) >= 11 is 0. The summed E-state index contributed by atoms with van der Waals surface area (Å²) in [5.74, 6) is -0.310. The highest BCUT2D eigenvalue weighted by molar-refractivity contribution is 6.02. The molecule has 0 atom stereocenters. The molecule has 0 aliphatic heterocycles. The lowest BCUT2D eigenvalue weighted by Gasteiger charge is -2.21. The molecule has 0 spiro atoms. The Balaban J connectivity index is 1.99. The molecule has 1 aliphatic rings. The third-order valence-electron chi connectivity index (χ3n) is 4.07. The van der Waals surface area contributed by atoms with Gasteiger partial charge in [0, 0.05) is 12.8 Å². The second-order valence-electron chi connectivity index (χ2n) is 6.00. The maximum atomic E-state index is 13.4. The third-order valence-corrected chi connectivity index (χ3v) is 4.07. The minimum atomic E-state index is -0.274. The number of hydrogen-bond donors (Lipinski definition) is 0. The van der Waals surface area contributed by atoms with Crippen LogP contribution in [0, 0.1) is 12.7 Å². The Morgan fingerprint density at radius 3 is 2.36 bits per heavy atom. The van der Waals surface area contributed by atoms with Gasteiger partial charge in [-0.25, -0.2) is 4.39 Å². The molecule has 0 aromatic heterocycles. The van der Waals surface area contributed by atoms with Crippen molar-refractivity contribution in [2.24, 2.45) is 0 Å². The number of ketones is 2. The van der Waals surface area contributed by atoms with Gasteiger partial charge in [-0.05, 0) is 41.7 Å². The van der Waals surface area contributed by atoms with E-state index in [1.54, 1.807) is 6.07 Å². The molecule has 2 nitrogen and oxygen atoms in total. The highest BCUT2D eigenvalue weighted by Gasteiger charge is 2.26. The minimum absolute atomic E-state index is 0.00932. The first-order chi connectivity index (χ1) is 10.5. The maximum Gasteiger partial charge on any atom is 0.140 e.